The fourth-order valence-electron chi connectivity index (χ4n) is 1.98. The molecule has 0 spiro atoms. The lowest BCUT2D eigenvalue weighted by molar-refractivity contribution is -0.122. The first-order valence-electron chi connectivity index (χ1n) is 7.83. The minimum absolute atomic E-state index is 0.0206. The number of thioether (sulfide) groups is 1. The van der Waals surface area contributed by atoms with E-state index in [0.29, 0.717) is 22.8 Å². The lowest BCUT2D eigenvalue weighted by atomic mass is 10.1. The molecule has 0 saturated heterocycles. The zero-order valence-corrected chi connectivity index (χ0v) is 16.6. The summed E-state index contributed by atoms with van der Waals surface area (Å²) < 4.78 is 23.0. The lowest BCUT2D eigenvalue weighted by Gasteiger charge is -2.18. The molecule has 1 rings (SSSR count). The van der Waals surface area contributed by atoms with Crippen molar-refractivity contribution in [2.45, 2.75) is 19.4 Å². The molecule has 6 nitrogen and oxygen atoms in total. The fourth-order valence-corrected chi connectivity index (χ4v) is 3.38. The van der Waals surface area contributed by atoms with Gasteiger partial charge in [-0.1, -0.05) is 30.7 Å². The summed E-state index contributed by atoms with van der Waals surface area (Å²) in [5.41, 5.74) is 0.291. The molecular formula is C16H23ClN2O4S2. The van der Waals surface area contributed by atoms with E-state index in [1.165, 1.54) is 0 Å². The molecule has 0 heterocycles. The maximum Gasteiger partial charge on any atom is 0.253 e. The quantitative estimate of drug-likeness (QED) is 0.617. The Balaban J connectivity index is 2.71. The predicted molar refractivity (Wildman–Crippen MR) is 103 cm³/mol. The molecule has 0 aliphatic carbocycles. The first kappa shape index (κ1) is 21.8. The smallest absolute Gasteiger partial charge is 0.253 e. The molecule has 1 aromatic carbocycles. The zero-order chi connectivity index (χ0) is 18.9. The second-order valence-electron chi connectivity index (χ2n) is 5.31. The highest BCUT2D eigenvalue weighted by Gasteiger charge is 2.22. The highest BCUT2D eigenvalue weighted by Crippen LogP contribution is 2.15. The number of carbonyl (C=O) groups excluding carboxylic acids is 2. The normalized spacial score (nSPS) is 12.4. The van der Waals surface area contributed by atoms with Crippen molar-refractivity contribution >= 4 is 45.0 Å². The molecule has 140 valence electrons. The van der Waals surface area contributed by atoms with Gasteiger partial charge in [0, 0.05) is 12.3 Å². The molecule has 25 heavy (non-hydrogen) atoms. The molecule has 1 aromatic rings. The molecule has 0 aromatic heterocycles. The Hall–Kier alpha value is -1.25. The van der Waals surface area contributed by atoms with Gasteiger partial charge in [-0.15, -0.1) is 0 Å². The van der Waals surface area contributed by atoms with E-state index in [4.69, 9.17) is 11.6 Å². The Morgan fingerprint density at radius 1 is 1.28 bits per heavy atom. The van der Waals surface area contributed by atoms with Crippen LogP contribution >= 0.6 is 23.4 Å². The summed E-state index contributed by atoms with van der Waals surface area (Å²) in [4.78, 5) is 24.7. The highest BCUT2D eigenvalue weighted by atomic mass is 35.5. The van der Waals surface area contributed by atoms with E-state index in [0.717, 1.165) is 0 Å². The number of sulfone groups is 1. The molecule has 0 aliphatic heterocycles. The van der Waals surface area contributed by atoms with Crippen LogP contribution in [0.3, 0.4) is 0 Å². The van der Waals surface area contributed by atoms with Gasteiger partial charge in [-0.25, -0.2) is 8.42 Å². The minimum Gasteiger partial charge on any atom is -0.353 e. The molecule has 1 atom stereocenters. The van der Waals surface area contributed by atoms with E-state index in [1.54, 1.807) is 43.0 Å². The van der Waals surface area contributed by atoms with Crippen molar-refractivity contribution in [3.8, 4) is 0 Å². The number of rotatable bonds is 10. The van der Waals surface area contributed by atoms with Crippen molar-refractivity contribution < 1.29 is 18.0 Å². The Labute approximate surface area is 158 Å². The van der Waals surface area contributed by atoms with Gasteiger partial charge in [0.05, 0.1) is 16.3 Å². The summed E-state index contributed by atoms with van der Waals surface area (Å²) in [5, 5.41) is 5.55. The second kappa shape index (κ2) is 10.7. The molecule has 2 amide bonds. The second-order valence-corrected chi connectivity index (χ2v) is 9.18. The lowest BCUT2D eigenvalue weighted by Crippen LogP contribution is -2.48. The number of carbonyl (C=O) groups is 2. The Bertz CT molecular complexity index is 695. The van der Waals surface area contributed by atoms with Gasteiger partial charge in [0.1, 0.15) is 6.04 Å². The van der Waals surface area contributed by atoms with Crippen LogP contribution in [0.25, 0.3) is 0 Å². The van der Waals surface area contributed by atoms with Crippen LogP contribution in [0.1, 0.15) is 23.7 Å². The molecule has 0 aliphatic rings. The van der Waals surface area contributed by atoms with Crippen molar-refractivity contribution in [2.75, 3.05) is 30.1 Å². The monoisotopic (exact) mass is 406 g/mol. The van der Waals surface area contributed by atoms with Crippen molar-refractivity contribution in [3.63, 3.8) is 0 Å². The molecule has 9 heteroatoms. The number of hydrogen-bond donors (Lipinski definition) is 2. The molecule has 0 radical (unpaired) electrons. The van der Waals surface area contributed by atoms with Gasteiger partial charge in [0.25, 0.3) is 5.91 Å². The third-order valence-corrected chi connectivity index (χ3v) is 6.18. The number of benzene rings is 1. The van der Waals surface area contributed by atoms with Gasteiger partial charge >= 0.3 is 0 Å². The Morgan fingerprint density at radius 2 is 1.96 bits per heavy atom. The molecule has 0 bridgehead atoms. The van der Waals surface area contributed by atoms with Crippen molar-refractivity contribution in [1.82, 2.24) is 10.6 Å². The van der Waals surface area contributed by atoms with Crippen LogP contribution in [-0.4, -0.2) is 56.3 Å². The van der Waals surface area contributed by atoms with Gasteiger partial charge in [-0.05, 0) is 30.6 Å². The first-order valence-corrected chi connectivity index (χ1v) is 11.4. The number of nitrogens with one attached hydrogen (secondary N) is 2. The van der Waals surface area contributed by atoms with E-state index < -0.39 is 27.7 Å². The molecule has 1 unspecified atom stereocenters. The van der Waals surface area contributed by atoms with E-state index in [9.17, 15) is 18.0 Å². The van der Waals surface area contributed by atoms with Crippen LogP contribution < -0.4 is 10.6 Å². The first-order chi connectivity index (χ1) is 11.8. The molecular weight excluding hydrogens is 384 g/mol. The molecule has 2 N–H and O–H groups in total. The van der Waals surface area contributed by atoms with E-state index >= 15 is 0 Å². The third-order valence-electron chi connectivity index (χ3n) is 3.50. The Kier molecular flexibility index (Phi) is 9.31. The summed E-state index contributed by atoms with van der Waals surface area (Å²) in [6, 6.07) is 5.83. The topological polar surface area (TPSA) is 92.3 Å². The van der Waals surface area contributed by atoms with Crippen molar-refractivity contribution in [3.05, 3.63) is 34.9 Å². The predicted octanol–water partition coefficient (Wildman–Crippen LogP) is 1.74. The summed E-state index contributed by atoms with van der Waals surface area (Å²) in [5.74, 6) is -0.257. The van der Waals surface area contributed by atoms with Crippen LogP contribution in [0.2, 0.25) is 5.02 Å². The van der Waals surface area contributed by atoms with Gasteiger partial charge in [-0.3, -0.25) is 9.59 Å². The summed E-state index contributed by atoms with van der Waals surface area (Å²) in [7, 11) is -3.15. The minimum atomic E-state index is -3.15. The number of halogens is 1. The van der Waals surface area contributed by atoms with Gasteiger partial charge < -0.3 is 10.6 Å². The molecule has 0 fully saturated rings. The SMILES string of the molecule is CCS(=O)(=O)CCNC(=O)C(CCSC)NC(=O)c1ccccc1Cl. The summed E-state index contributed by atoms with van der Waals surface area (Å²) in [6.07, 6.45) is 2.34. The standard InChI is InChI=1S/C16H23ClN2O4S2/c1-3-25(22,23)11-9-18-16(21)14(8-10-24-2)19-15(20)12-6-4-5-7-13(12)17/h4-7,14H,3,8-11H2,1-2H3,(H,18,21)(H,19,20). The van der Waals surface area contributed by atoms with Crippen LogP contribution in [0.5, 0.6) is 0 Å². The van der Waals surface area contributed by atoms with Crippen LogP contribution in [0.4, 0.5) is 0 Å². The largest absolute Gasteiger partial charge is 0.353 e. The third kappa shape index (κ3) is 7.66. The van der Waals surface area contributed by atoms with Crippen LogP contribution in [-0.2, 0) is 14.6 Å². The van der Waals surface area contributed by atoms with Gasteiger partial charge in [0.15, 0.2) is 9.84 Å². The maximum absolute atomic E-state index is 12.3. The average molecular weight is 407 g/mol. The number of hydrogen-bond acceptors (Lipinski definition) is 5. The zero-order valence-electron chi connectivity index (χ0n) is 14.2. The Morgan fingerprint density at radius 3 is 2.56 bits per heavy atom. The number of amides is 2. The van der Waals surface area contributed by atoms with Crippen molar-refractivity contribution in [1.29, 1.82) is 0 Å². The van der Waals surface area contributed by atoms with Gasteiger partial charge in [-0.2, -0.15) is 11.8 Å². The van der Waals surface area contributed by atoms with E-state index in [-0.39, 0.29) is 18.1 Å². The fraction of sp³-hybridized carbons (Fsp3) is 0.500. The molecule has 0 saturated carbocycles. The maximum atomic E-state index is 12.3. The van der Waals surface area contributed by atoms with E-state index in [1.807, 2.05) is 6.26 Å². The van der Waals surface area contributed by atoms with Gasteiger partial charge in [0.2, 0.25) is 5.91 Å². The average Bonchev–Trinajstić information content (AvgIpc) is 2.58. The van der Waals surface area contributed by atoms with E-state index in [2.05, 4.69) is 10.6 Å². The summed E-state index contributed by atoms with van der Waals surface area (Å²) >= 11 is 7.56. The van der Waals surface area contributed by atoms with Crippen LogP contribution in [0.15, 0.2) is 24.3 Å². The van der Waals surface area contributed by atoms with Crippen molar-refractivity contribution in [2.24, 2.45) is 0 Å². The highest BCUT2D eigenvalue weighted by molar-refractivity contribution is 7.98. The van der Waals surface area contributed by atoms with Crippen LogP contribution in [0, 0.1) is 0 Å². The summed E-state index contributed by atoms with van der Waals surface area (Å²) in [6.45, 7) is 1.58.